The maximum absolute atomic E-state index is 9.95. The molecule has 18 heavy (non-hydrogen) atoms. The van der Waals surface area contributed by atoms with E-state index >= 15 is 0 Å². The molecule has 1 fully saturated rings. The molecular formula is C12H17N5O. The van der Waals surface area contributed by atoms with Crippen molar-refractivity contribution in [1.82, 2.24) is 25.0 Å². The van der Waals surface area contributed by atoms with Gasteiger partial charge in [0.1, 0.15) is 12.4 Å². The minimum atomic E-state index is -0.667. The number of rotatable bonds is 4. The second-order valence-electron chi connectivity index (χ2n) is 4.82. The summed E-state index contributed by atoms with van der Waals surface area (Å²) in [7, 11) is 0. The summed E-state index contributed by atoms with van der Waals surface area (Å²) in [6.07, 6.45) is 8.22. The Kier molecular flexibility index (Phi) is 3.10. The maximum atomic E-state index is 9.95. The second kappa shape index (κ2) is 4.89. The van der Waals surface area contributed by atoms with E-state index in [0.717, 1.165) is 5.69 Å². The van der Waals surface area contributed by atoms with Crippen LogP contribution in [-0.4, -0.2) is 30.1 Å². The highest BCUT2D eigenvalue weighted by Gasteiger charge is 2.19. The topological polar surface area (TPSA) is 79.6 Å². The first kappa shape index (κ1) is 11.4. The van der Waals surface area contributed by atoms with E-state index in [9.17, 15) is 5.11 Å². The van der Waals surface area contributed by atoms with E-state index in [-0.39, 0.29) is 0 Å². The van der Waals surface area contributed by atoms with Crippen LogP contribution < -0.4 is 0 Å². The Bertz CT molecular complexity index is 486. The summed E-state index contributed by atoms with van der Waals surface area (Å²) in [5.74, 6) is 0.491. The number of aromatic amines is 1. The van der Waals surface area contributed by atoms with Gasteiger partial charge in [-0.15, -0.1) is 0 Å². The molecule has 1 unspecified atom stereocenters. The van der Waals surface area contributed by atoms with Gasteiger partial charge in [0.2, 0.25) is 0 Å². The molecule has 0 saturated heterocycles. The van der Waals surface area contributed by atoms with Crippen LogP contribution in [0.5, 0.6) is 0 Å². The number of aliphatic hydroxyl groups excluding tert-OH is 1. The zero-order chi connectivity index (χ0) is 12.4. The first-order valence-electron chi connectivity index (χ1n) is 6.40. The SMILES string of the molecule is OC(Cc1ccn(C2CCCC2)n1)c1ncn[nH]1. The maximum Gasteiger partial charge on any atom is 0.153 e. The van der Waals surface area contributed by atoms with Gasteiger partial charge in [0, 0.05) is 12.6 Å². The molecule has 3 rings (SSSR count). The lowest BCUT2D eigenvalue weighted by atomic mass is 10.2. The lowest BCUT2D eigenvalue weighted by molar-refractivity contribution is 0.167. The van der Waals surface area contributed by atoms with Crippen molar-refractivity contribution in [2.24, 2.45) is 0 Å². The van der Waals surface area contributed by atoms with Crippen LogP contribution in [-0.2, 0) is 6.42 Å². The van der Waals surface area contributed by atoms with E-state index in [1.807, 2.05) is 16.9 Å². The van der Waals surface area contributed by atoms with Gasteiger partial charge >= 0.3 is 0 Å². The van der Waals surface area contributed by atoms with Crippen molar-refractivity contribution in [3.8, 4) is 0 Å². The van der Waals surface area contributed by atoms with E-state index < -0.39 is 6.10 Å². The highest BCUT2D eigenvalue weighted by molar-refractivity contribution is 5.04. The van der Waals surface area contributed by atoms with Crippen LogP contribution in [0, 0.1) is 0 Å². The van der Waals surface area contributed by atoms with Crippen molar-refractivity contribution in [2.75, 3.05) is 0 Å². The Morgan fingerprint density at radius 2 is 2.28 bits per heavy atom. The highest BCUT2D eigenvalue weighted by atomic mass is 16.3. The molecule has 0 radical (unpaired) electrons. The predicted octanol–water partition coefficient (Wildman–Crippen LogP) is 1.39. The summed E-state index contributed by atoms with van der Waals surface area (Å²) in [6, 6.07) is 2.51. The molecule has 1 aliphatic carbocycles. The monoisotopic (exact) mass is 247 g/mol. The molecule has 0 spiro atoms. The van der Waals surface area contributed by atoms with Gasteiger partial charge in [-0.05, 0) is 18.9 Å². The van der Waals surface area contributed by atoms with Gasteiger partial charge in [-0.25, -0.2) is 4.98 Å². The van der Waals surface area contributed by atoms with Gasteiger partial charge in [-0.3, -0.25) is 9.78 Å². The lowest BCUT2D eigenvalue weighted by Gasteiger charge is -2.09. The number of hydrogen-bond donors (Lipinski definition) is 2. The van der Waals surface area contributed by atoms with Crippen molar-refractivity contribution in [1.29, 1.82) is 0 Å². The van der Waals surface area contributed by atoms with Crippen molar-refractivity contribution in [3.05, 3.63) is 30.1 Å². The summed E-state index contributed by atoms with van der Waals surface area (Å²) in [5.41, 5.74) is 0.894. The van der Waals surface area contributed by atoms with Crippen molar-refractivity contribution < 1.29 is 5.11 Å². The molecule has 2 heterocycles. The van der Waals surface area contributed by atoms with E-state index in [4.69, 9.17) is 0 Å². The molecule has 0 aliphatic heterocycles. The van der Waals surface area contributed by atoms with Gasteiger partial charge < -0.3 is 5.11 Å². The summed E-state index contributed by atoms with van der Waals surface area (Å²) < 4.78 is 2.04. The highest BCUT2D eigenvalue weighted by Crippen LogP contribution is 2.29. The molecular weight excluding hydrogens is 230 g/mol. The first-order valence-corrected chi connectivity index (χ1v) is 6.40. The summed E-state index contributed by atoms with van der Waals surface area (Å²) in [5, 5.41) is 20.9. The molecule has 1 saturated carbocycles. The molecule has 2 N–H and O–H groups in total. The summed E-state index contributed by atoms with van der Waals surface area (Å²) in [4.78, 5) is 3.95. The van der Waals surface area contributed by atoms with Gasteiger partial charge in [-0.1, -0.05) is 12.8 Å². The van der Waals surface area contributed by atoms with Gasteiger partial charge in [0.15, 0.2) is 5.82 Å². The minimum Gasteiger partial charge on any atom is -0.385 e. The van der Waals surface area contributed by atoms with Crippen LogP contribution in [0.25, 0.3) is 0 Å². The number of H-pyrrole nitrogens is 1. The average Bonchev–Trinajstić information content (AvgIpc) is 3.12. The number of nitrogens with zero attached hydrogens (tertiary/aromatic N) is 4. The van der Waals surface area contributed by atoms with Crippen LogP contribution in [0.1, 0.15) is 49.3 Å². The third-order valence-corrected chi connectivity index (χ3v) is 3.51. The van der Waals surface area contributed by atoms with Crippen LogP contribution in [0.4, 0.5) is 0 Å². The Hall–Kier alpha value is -1.69. The number of nitrogens with one attached hydrogen (secondary N) is 1. The Balaban J connectivity index is 1.66. The first-order chi connectivity index (χ1) is 8.83. The number of aromatic nitrogens is 5. The quantitative estimate of drug-likeness (QED) is 0.855. The smallest absolute Gasteiger partial charge is 0.153 e. The van der Waals surface area contributed by atoms with E-state index in [1.165, 1.54) is 32.0 Å². The molecule has 0 bridgehead atoms. The van der Waals surface area contributed by atoms with Crippen LogP contribution in [0.3, 0.4) is 0 Å². The van der Waals surface area contributed by atoms with E-state index in [0.29, 0.717) is 18.3 Å². The number of aliphatic hydroxyl groups is 1. The molecule has 0 amide bonds. The Morgan fingerprint density at radius 1 is 1.44 bits per heavy atom. The minimum absolute atomic E-state index is 0.467. The van der Waals surface area contributed by atoms with Gasteiger partial charge in [0.05, 0.1) is 11.7 Å². The van der Waals surface area contributed by atoms with Crippen LogP contribution >= 0.6 is 0 Å². The largest absolute Gasteiger partial charge is 0.385 e. The molecule has 96 valence electrons. The predicted molar refractivity (Wildman–Crippen MR) is 64.8 cm³/mol. The molecule has 1 atom stereocenters. The zero-order valence-electron chi connectivity index (χ0n) is 10.2. The van der Waals surface area contributed by atoms with Gasteiger partial charge in [-0.2, -0.15) is 10.2 Å². The van der Waals surface area contributed by atoms with Crippen LogP contribution in [0.15, 0.2) is 18.6 Å². The third-order valence-electron chi connectivity index (χ3n) is 3.51. The Labute approximate surface area is 105 Å². The standard InChI is InChI=1S/C12H17N5O/c18-11(12-13-8-14-15-12)7-9-5-6-17(16-9)10-3-1-2-4-10/h5-6,8,10-11,18H,1-4,7H2,(H,13,14,15). The average molecular weight is 247 g/mol. The van der Waals surface area contributed by atoms with Crippen molar-refractivity contribution >= 4 is 0 Å². The van der Waals surface area contributed by atoms with Crippen molar-refractivity contribution in [3.63, 3.8) is 0 Å². The van der Waals surface area contributed by atoms with Crippen molar-refractivity contribution in [2.45, 2.75) is 44.2 Å². The molecule has 6 heteroatoms. The van der Waals surface area contributed by atoms with Gasteiger partial charge in [0.25, 0.3) is 0 Å². The molecule has 6 nitrogen and oxygen atoms in total. The second-order valence-corrected chi connectivity index (χ2v) is 4.82. The Morgan fingerprint density at radius 3 is 3.00 bits per heavy atom. The fourth-order valence-corrected chi connectivity index (χ4v) is 2.53. The normalized spacial score (nSPS) is 18.3. The van der Waals surface area contributed by atoms with E-state index in [1.54, 1.807) is 0 Å². The fraction of sp³-hybridized carbons (Fsp3) is 0.583. The fourth-order valence-electron chi connectivity index (χ4n) is 2.53. The molecule has 1 aliphatic rings. The summed E-state index contributed by atoms with van der Waals surface area (Å²) >= 11 is 0. The molecule has 2 aromatic rings. The zero-order valence-corrected chi connectivity index (χ0v) is 10.2. The molecule has 2 aromatic heterocycles. The third kappa shape index (κ3) is 2.28. The lowest BCUT2D eigenvalue weighted by Crippen LogP contribution is -2.08. The molecule has 0 aromatic carbocycles. The summed E-state index contributed by atoms with van der Waals surface area (Å²) in [6.45, 7) is 0. The van der Waals surface area contributed by atoms with E-state index in [2.05, 4.69) is 20.3 Å². The number of hydrogen-bond acceptors (Lipinski definition) is 4. The van der Waals surface area contributed by atoms with Crippen LogP contribution in [0.2, 0.25) is 0 Å².